The van der Waals surface area contributed by atoms with E-state index in [1.165, 1.54) is 16.7 Å². The lowest BCUT2D eigenvalue weighted by Crippen LogP contribution is -2.31. The summed E-state index contributed by atoms with van der Waals surface area (Å²) in [5.41, 5.74) is 5.17. The van der Waals surface area contributed by atoms with E-state index in [0.717, 1.165) is 5.69 Å². The lowest BCUT2D eigenvalue weighted by Gasteiger charge is -2.20. The van der Waals surface area contributed by atoms with E-state index in [4.69, 9.17) is 12.2 Å². The Morgan fingerprint density at radius 1 is 1.13 bits per heavy atom. The molecule has 0 radical (unpaired) electrons. The maximum atomic E-state index is 11.4. The zero-order valence-electron chi connectivity index (χ0n) is 13.9. The van der Waals surface area contributed by atoms with Gasteiger partial charge in [0.25, 0.3) is 0 Å². The van der Waals surface area contributed by atoms with Gasteiger partial charge in [-0.2, -0.15) is 0 Å². The SMILES string of the molecule is CC(=O)c1cccc(NC(=S)NC(C)c2cc(C)ccc2C)c1. The Morgan fingerprint density at radius 3 is 2.57 bits per heavy atom. The number of hydrogen-bond donors (Lipinski definition) is 2. The van der Waals surface area contributed by atoms with Crippen LogP contribution in [0.5, 0.6) is 0 Å². The van der Waals surface area contributed by atoms with Crippen molar-refractivity contribution >= 4 is 28.8 Å². The molecule has 0 fully saturated rings. The summed E-state index contributed by atoms with van der Waals surface area (Å²) in [6.45, 7) is 7.82. The first kappa shape index (κ1) is 17.2. The van der Waals surface area contributed by atoms with Crippen molar-refractivity contribution in [2.75, 3.05) is 5.32 Å². The van der Waals surface area contributed by atoms with Gasteiger partial charge in [-0.25, -0.2) is 0 Å². The first-order valence-corrected chi connectivity index (χ1v) is 8.03. The van der Waals surface area contributed by atoms with Crippen molar-refractivity contribution in [1.29, 1.82) is 0 Å². The lowest BCUT2D eigenvalue weighted by molar-refractivity contribution is 0.101. The summed E-state index contributed by atoms with van der Waals surface area (Å²) in [6, 6.07) is 13.8. The van der Waals surface area contributed by atoms with E-state index >= 15 is 0 Å². The van der Waals surface area contributed by atoms with E-state index in [1.807, 2.05) is 12.1 Å². The summed E-state index contributed by atoms with van der Waals surface area (Å²) < 4.78 is 0. The van der Waals surface area contributed by atoms with Gasteiger partial charge in [-0.1, -0.05) is 35.9 Å². The lowest BCUT2D eigenvalue weighted by atomic mass is 10.0. The van der Waals surface area contributed by atoms with Crippen LogP contribution in [0.4, 0.5) is 5.69 Å². The van der Waals surface area contributed by atoms with Crippen LogP contribution in [-0.4, -0.2) is 10.9 Å². The maximum Gasteiger partial charge on any atom is 0.171 e. The number of Topliss-reactive ketones (excluding diaryl/α,β-unsaturated/α-hetero) is 1. The highest BCUT2D eigenvalue weighted by Gasteiger charge is 2.10. The Hall–Kier alpha value is -2.20. The van der Waals surface area contributed by atoms with Gasteiger partial charge >= 0.3 is 0 Å². The van der Waals surface area contributed by atoms with Gasteiger partial charge in [-0.05, 0) is 63.2 Å². The van der Waals surface area contributed by atoms with Crippen LogP contribution in [0.15, 0.2) is 42.5 Å². The molecule has 2 N–H and O–H groups in total. The van der Waals surface area contributed by atoms with Crippen LogP contribution in [0.3, 0.4) is 0 Å². The number of carbonyl (C=O) groups excluding carboxylic acids is 1. The Labute approximate surface area is 143 Å². The predicted molar refractivity (Wildman–Crippen MR) is 100 cm³/mol. The molecule has 0 bridgehead atoms. The second-order valence-electron chi connectivity index (χ2n) is 5.82. The molecule has 0 aliphatic carbocycles. The zero-order valence-corrected chi connectivity index (χ0v) is 14.8. The molecule has 0 spiro atoms. The van der Waals surface area contributed by atoms with E-state index in [-0.39, 0.29) is 11.8 Å². The molecule has 2 rings (SSSR count). The molecular weight excluding hydrogens is 304 g/mol. The summed E-state index contributed by atoms with van der Waals surface area (Å²) in [4.78, 5) is 11.4. The van der Waals surface area contributed by atoms with Crippen LogP contribution in [-0.2, 0) is 0 Å². The third-order valence-corrected chi connectivity index (χ3v) is 4.00. The van der Waals surface area contributed by atoms with Crippen molar-refractivity contribution in [3.63, 3.8) is 0 Å². The van der Waals surface area contributed by atoms with Crippen LogP contribution >= 0.6 is 12.2 Å². The van der Waals surface area contributed by atoms with Crippen molar-refractivity contribution in [2.24, 2.45) is 0 Å². The molecule has 0 saturated carbocycles. The maximum absolute atomic E-state index is 11.4. The van der Waals surface area contributed by atoms with E-state index in [0.29, 0.717) is 10.7 Å². The van der Waals surface area contributed by atoms with E-state index in [9.17, 15) is 4.79 Å². The number of rotatable bonds is 4. The molecule has 1 unspecified atom stereocenters. The monoisotopic (exact) mass is 326 g/mol. The molecule has 0 amide bonds. The van der Waals surface area contributed by atoms with E-state index in [1.54, 1.807) is 19.1 Å². The van der Waals surface area contributed by atoms with Gasteiger partial charge < -0.3 is 10.6 Å². The largest absolute Gasteiger partial charge is 0.356 e. The quantitative estimate of drug-likeness (QED) is 0.639. The molecule has 23 heavy (non-hydrogen) atoms. The molecule has 0 aliphatic rings. The number of thiocarbonyl (C=S) groups is 1. The fraction of sp³-hybridized carbons (Fsp3) is 0.263. The Kier molecular flexibility index (Phi) is 5.50. The minimum Gasteiger partial charge on any atom is -0.356 e. The highest BCUT2D eigenvalue weighted by molar-refractivity contribution is 7.80. The molecule has 0 saturated heterocycles. The van der Waals surface area contributed by atoms with Crippen LogP contribution in [0, 0.1) is 13.8 Å². The van der Waals surface area contributed by atoms with Gasteiger partial charge in [0, 0.05) is 11.3 Å². The molecule has 3 nitrogen and oxygen atoms in total. The van der Waals surface area contributed by atoms with Crippen LogP contribution < -0.4 is 10.6 Å². The van der Waals surface area contributed by atoms with Gasteiger partial charge in [0.15, 0.2) is 10.9 Å². The number of ketones is 1. The van der Waals surface area contributed by atoms with Crippen molar-refractivity contribution in [2.45, 2.75) is 33.7 Å². The standard InChI is InChI=1S/C19H22N2OS/c1-12-8-9-13(2)18(10-12)14(3)20-19(23)21-17-7-5-6-16(11-17)15(4)22/h5-11,14H,1-4H3,(H2,20,21,23). The minimum absolute atomic E-state index is 0.0382. The van der Waals surface area contributed by atoms with Crippen LogP contribution in [0.1, 0.15) is 46.9 Å². The Morgan fingerprint density at radius 2 is 1.87 bits per heavy atom. The number of carbonyl (C=O) groups is 1. The van der Waals surface area contributed by atoms with Crippen molar-refractivity contribution < 1.29 is 4.79 Å². The Balaban J connectivity index is 2.06. The zero-order chi connectivity index (χ0) is 17.0. The number of anilines is 1. The molecule has 2 aromatic carbocycles. The first-order valence-electron chi connectivity index (χ1n) is 7.62. The first-order chi connectivity index (χ1) is 10.9. The molecule has 0 heterocycles. The molecule has 2 aromatic rings. The third-order valence-electron chi connectivity index (χ3n) is 3.78. The fourth-order valence-electron chi connectivity index (χ4n) is 2.48. The highest BCUT2D eigenvalue weighted by Crippen LogP contribution is 2.19. The average Bonchev–Trinajstić information content (AvgIpc) is 2.49. The molecule has 120 valence electrons. The minimum atomic E-state index is 0.0382. The van der Waals surface area contributed by atoms with Crippen LogP contribution in [0.2, 0.25) is 0 Å². The van der Waals surface area contributed by atoms with Crippen molar-refractivity contribution in [3.8, 4) is 0 Å². The molecule has 0 aromatic heterocycles. The topological polar surface area (TPSA) is 41.1 Å². The van der Waals surface area contributed by atoms with E-state index < -0.39 is 0 Å². The molecule has 1 atom stereocenters. The second-order valence-corrected chi connectivity index (χ2v) is 6.23. The molecule has 4 heteroatoms. The van der Waals surface area contributed by atoms with Gasteiger partial charge in [-0.15, -0.1) is 0 Å². The van der Waals surface area contributed by atoms with Gasteiger partial charge in [0.05, 0.1) is 6.04 Å². The number of benzene rings is 2. The summed E-state index contributed by atoms with van der Waals surface area (Å²) >= 11 is 5.39. The fourth-order valence-corrected chi connectivity index (χ4v) is 2.78. The molecule has 0 aliphatic heterocycles. The third kappa shape index (κ3) is 4.63. The smallest absolute Gasteiger partial charge is 0.171 e. The second kappa shape index (κ2) is 7.38. The summed E-state index contributed by atoms with van der Waals surface area (Å²) in [5, 5.41) is 6.98. The summed E-state index contributed by atoms with van der Waals surface area (Å²) in [7, 11) is 0. The normalized spacial score (nSPS) is 11.7. The van der Waals surface area contributed by atoms with Crippen LogP contribution in [0.25, 0.3) is 0 Å². The Bertz CT molecular complexity index is 740. The summed E-state index contributed by atoms with van der Waals surface area (Å²) in [6.07, 6.45) is 0. The van der Waals surface area contributed by atoms with Crippen molar-refractivity contribution in [1.82, 2.24) is 5.32 Å². The number of nitrogens with one attached hydrogen (secondary N) is 2. The van der Waals surface area contributed by atoms with Gasteiger partial charge in [0.1, 0.15) is 0 Å². The van der Waals surface area contributed by atoms with E-state index in [2.05, 4.69) is 49.6 Å². The van der Waals surface area contributed by atoms with Gasteiger partial charge in [-0.3, -0.25) is 4.79 Å². The number of hydrogen-bond acceptors (Lipinski definition) is 2. The summed E-state index contributed by atoms with van der Waals surface area (Å²) in [5.74, 6) is 0.0382. The highest BCUT2D eigenvalue weighted by atomic mass is 32.1. The average molecular weight is 326 g/mol. The van der Waals surface area contributed by atoms with Crippen molar-refractivity contribution in [3.05, 3.63) is 64.7 Å². The number of aryl methyl sites for hydroxylation is 2. The predicted octanol–water partition coefficient (Wildman–Crippen LogP) is 4.55. The molecular formula is C19H22N2OS. The van der Waals surface area contributed by atoms with Gasteiger partial charge in [0.2, 0.25) is 0 Å².